The van der Waals surface area contributed by atoms with Crippen molar-refractivity contribution in [3.05, 3.63) is 29.3 Å². The van der Waals surface area contributed by atoms with Gasteiger partial charge in [0.1, 0.15) is 5.75 Å². The van der Waals surface area contributed by atoms with E-state index < -0.39 is 0 Å². The zero-order valence-corrected chi connectivity index (χ0v) is 9.12. The molecule has 3 rings (SSSR count). The van der Waals surface area contributed by atoms with E-state index in [1.54, 1.807) is 7.11 Å². The lowest BCUT2D eigenvalue weighted by molar-refractivity contribution is 0.414. The number of benzene rings is 1. The Balaban J connectivity index is 1.83. The lowest BCUT2D eigenvalue weighted by Crippen LogP contribution is -2.21. The van der Waals surface area contributed by atoms with E-state index in [1.807, 2.05) is 0 Å². The van der Waals surface area contributed by atoms with E-state index in [0.717, 1.165) is 11.8 Å². The summed E-state index contributed by atoms with van der Waals surface area (Å²) in [6, 6.07) is 7.87. The van der Waals surface area contributed by atoms with Crippen LogP contribution in [0.15, 0.2) is 18.2 Å². The summed E-state index contributed by atoms with van der Waals surface area (Å²) in [5.41, 5.74) is 2.95. The van der Waals surface area contributed by atoms with Crippen LogP contribution in [-0.4, -0.2) is 13.2 Å². The summed E-state index contributed by atoms with van der Waals surface area (Å²) in [6.07, 6.45) is 5.17. The number of hydrogen-bond donors (Lipinski definition) is 1. The van der Waals surface area contributed by atoms with E-state index >= 15 is 0 Å². The molecule has 2 nitrogen and oxygen atoms in total. The Hall–Kier alpha value is -1.02. The molecule has 1 atom stereocenters. The lowest BCUT2D eigenvalue weighted by Gasteiger charge is -2.13. The number of ether oxygens (including phenoxy) is 1. The second kappa shape index (κ2) is 3.53. The van der Waals surface area contributed by atoms with Gasteiger partial charge in [-0.2, -0.15) is 0 Å². The molecule has 2 aliphatic carbocycles. The fourth-order valence-corrected chi connectivity index (χ4v) is 2.43. The fraction of sp³-hybridized carbons (Fsp3) is 0.538. The average molecular weight is 203 g/mol. The summed E-state index contributed by atoms with van der Waals surface area (Å²) < 4.78 is 5.25. The van der Waals surface area contributed by atoms with Crippen LogP contribution in [0.25, 0.3) is 0 Å². The maximum Gasteiger partial charge on any atom is 0.119 e. The van der Waals surface area contributed by atoms with Crippen LogP contribution in [0.1, 0.15) is 36.4 Å². The molecule has 1 N–H and O–H groups in total. The molecule has 0 radical (unpaired) electrons. The molecule has 1 saturated carbocycles. The highest BCUT2D eigenvalue weighted by Crippen LogP contribution is 2.35. The third-order valence-corrected chi connectivity index (χ3v) is 3.44. The first-order valence-corrected chi connectivity index (χ1v) is 5.79. The zero-order valence-electron chi connectivity index (χ0n) is 9.12. The van der Waals surface area contributed by atoms with Crippen molar-refractivity contribution >= 4 is 0 Å². The fourth-order valence-electron chi connectivity index (χ4n) is 2.43. The number of fused-ring (bicyclic) bond motifs is 1. The van der Waals surface area contributed by atoms with Crippen LogP contribution in [0.2, 0.25) is 0 Å². The Morgan fingerprint density at radius 2 is 2.13 bits per heavy atom. The first kappa shape index (κ1) is 9.22. The smallest absolute Gasteiger partial charge is 0.119 e. The van der Waals surface area contributed by atoms with Gasteiger partial charge in [0.25, 0.3) is 0 Å². The Morgan fingerprint density at radius 1 is 1.27 bits per heavy atom. The van der Waals surface area contributed by atoms with Crippen molar-refractivity contribution in [3.8, 4) is 5.75 Å². The average Bonchev–Trinajstić information content (AvgIpc) is 2.99. The molecule has 0 saturated heterocycles. The van der Waals surface area contributed by atoms with Gasteiger partial charge in [-0.25, -0.2) is 0 Å². The molecule has 15 heavy (non-hydrogen) atoms. The number of methoxy groups -OCH3 is 1. The summed E-state index contributed by atoms with van der Waals surface area (Å²) in [5, 5.41) is 3.71. The van der Waals surface area contributed by atoms with Crippen molar-refractivity contribution < 1.29 is 4.74 Å². The standard InChI is InChI=1S/C13H17NO/c1-15-11-5-6-12-9(8-11)2-7-13(12)14-10-3-4-10/h5-6,8,10,13-14H,2-4,7H2,1H3. The van der Waals surface area contributed by atoms with Crippen LogP contribution in [0.4, 0.5) is 0 Å². The third-order valence-electron chi connectivity index (χ3n) is 3.44. The summed E-state index contributed by atoms with van der Waals surface area (Å²) >= 11 is 0. The molecule has 1 fully saturated rings. The van der Waals surface area contributed by atoms with E-state index in [1.165, 1.54) is 36.8 Å². The molecule has 0 heterocycles. The maximum absolute atomic E-state index is 5.25. The second-order valence-electron chi connectivity index (χ2n) is 4.60. The van der Waals surface area contributed by atoms with Gasteiger partial charge in [-0.15, -0.1) is 0 Å². The minimum Gasteiger partial charge on any atom is -0.497 e. The quantitative estimate of drug-likeness (QED) is 0.814. The van der Waals surface area contributed by atoms with E-state index in [-0.39, 0.29) is 0 Å². The van der Waals surface area contributed by atoms with Gasteiger partial charge in [0.15, 0.2) is 0 Å². The molecule has 1 unspecified atom stereocenters. The molecule has 80 valence electrons. The molecular formula is C13H17NO. The van der Waals surface area contributed by atoms with E-state index in [9.17, 15) is 0 Å². The monoisotopic (exact) mass is 203 g/mol. The number of rotatable bonds is 3. The Kier molecular flexibility index (Phi) is 2.17. The van der Waals surface area contributed by atoms with Gasteiger partial charge >= 0.3 is 0 Å². The molecule has 2 aliphatic rings. The topological polar surface area (TPSA) is 21.3 Å². The highest BCUT2D eigenvalue weighted by atomic mass is 16.5. The summed E-state index contributed by atoms with van der Waals surface area (Å²) in [4.78, 5) is 0. The first-order chi connectivity index (χ1) is 7.36. The van der Waals surface area contributed by atoms with Crippen LogP contribution in [0, 0.1) is 0 Å². The van der Waals surface area contributed by atoms with Crippen molar-refractivity contribution in [2.45, 2.75) is 37.8 Å². The molecule has 0 bridgehead atoms. The highest BCUT2D eigenvalue weighted by Gasteiger charge is 2.29. The largest absolute Gasteiger partial charge is 0.497 e. The van der Waals surface area contributed by atoms with Crippen molar-refractivity contribution in [2.24, 2.45) is 0 Å². The van der Waals surface area contributed by atoms with Crippen LogP contribution in [0.5, 0.6) is 5.75 Å². The third kappa shape index (κ3) is 1.74. The Bertz CT molecular complexity index is 371. The minimum atomic E-state index is 0.596. The predicted octanol–water partition coefficient (Wildman–Crippen LogP) is 2.43. The Labute approximate surface area is 90.6 Å². The molecule has 0 aromatic heterocycles. The van der Waals surface area contributed by atoms with Crippen molar-refractivity contribution in [3.63, 3.8) is 0 Å². The molecule has 0 amide bonds. The van der Waals surface area contributed by atoms with Gasteiger partial charge in [-0.3, -0.25) is 0 Å². The highest BCUT2D eigenvalue weighted by molar-refractivity contribution is 5.40. The first-order valence-electron chi connectivity index (χ1n) is 5.79. The van der Waals surface area contributed by atoms with Gasteiger partial charge in [-0.05, 0) is 48.9 Å². The van der Waals surface area contributed by atoms with Crippen molar-refractivity contribution in [1.29, 1.82) is 0 Å². The zero-order chi connectivity index (χ0) is 10.3. The summed E-state index contributed by atoms with van der Waals surface area (Å²) in [7, 11) is 1.73. The molecule has 1 aromatic carbocycles. The SMILES string of the molecule is COc1ccc2c(c1)CCC2NC1CC1. The van der Waals surface area contributed by atoms with Gasteiger partial charge in [0.05, 0.1) is 7.11 Å². The number of nitrogens with one attached hydrogen (secondary N) is 1. The van der Waals surface area contributed by atoms with Gasteiger partial charge in [0.2, 0.25) is 0 Å². The van der Waals surface area contributed by atoms with Gasteiger partial charge in [0, 0.05) is 12.1 Å². The molecule has 0 aliphatic heterocycles. The maximum atomic E-state index is 5.25. The Morgan fingerprint density at radius 3 is 2.87 bits per heavy atom. The van der Waals surface area contributed by atoms with E-state index in [4.69, 9.17) is 4.74 Å². The normalized spacial score (nSPS) is 23.9. The second-order valence-corrected chi connectivity index (χ2v) is 4.60. The van der Waals surface area contributed by atoms with Crippen molar-refractivity contribution in [2.75, 3.05) is 7.11 Å². The minimum absolute atomic E-state index is 0.596. The molecular weight excluding hydrogens is 186 g/mol. The predicted molar refractivity (Wildman–Crippen MR) is 60.2 cm³/mol. The van der Waals surface area contributed by atoms with Gasteiger partial charge in [-0.1, -0.05) is 6.07 Å². The number of hydrogen-bond acceptors (Lipinski definition) is 2. The lowest BCUT2D eigenvalue weighted by atomic mass is 10.1. The van der Waals surface area contributed by atoms with E-state index in [0.29, 0.717) is 6.04 Å². The van der Waals surface area contributed by atoms with Crippen LogP contribution < -0.4 is 10.1 Å². The molecule has 2 heteroatoms. The van der Waals surface area contributed by atoms with Crippen molar-refractivity contribution in [1.82, 2.24) is 5.32 Å². The summed E-state index contributed by atoms with van der Waals surface area (Å²) in [6.45, 7) is 0. The number of aryl methyl sites for hydroxylation is 1. The van der Waals surface area contributed by atoms with Crippen LogP contribution in [0.3, 0.4) is 0 Å². The van der Waals surface area contributed by atoms with Crippen LogP contribution >= 0.6 is 0 Å². The molecule has 0 spiro atoms. The van der Waals surface area contributed by atoms with Crippen LogP contribution in [-0.2, 0) is 6.42 Å². The van der Waals surface area contributed by atoms with Gasteiger partial charge < -0.3 is 10.1 Å². The summed E-state index contributed by atoms with van der Waals surface area (Å²) in [5.74, 6) is 0.987. The molecule has 1 aromatic rings. The van der Waals surface area contributed by atoms with E-state index in [2.05, 4.69) is 23.5 Å².